The van der Waals surface area contributed by atoms with E-state index in [1.54, 1.807) is 13.0 Å². The molecule has 0 amide bonds. The van der Waals surface area contributed by atoms with Gasteiger partial charge in [-0.3, -0.25) is 4.98 Å². The van der Waals surface area contributed by atoms with Crippen LogP contribution >= 0.6 is 15.9 Å². The Labute approximate surface area is 95.1 Å². The Kier molecular flexibility index (Phi) is 4.15. The Morgan fingerprint density at radius 2 is 2.27 bits per heavy atom. The average Bonchev–Trinajstić information content (AvgIpc) is 2.18. The van der Waals surface area contributed by atoms with Gasteiger partial charge in [-0.2, -0.15) is 5.26 Å². The minimum atomic E-state index is -2.57. The quantitative estimate of drug-likeness (QED) is 0.794. The number of alkyl halides is 3. The molecule has 5 heteroatoms. The number of halogens is 3. The molecular formula is C10H9BrF2N2. The summed E-state index contributed by atoms with van der Waals surface area (Å²) in [4.78, 5) is 3.86. The second-order valence-corrected chi connectivity index (χ2v) is 3.63. The van der Waals surface area contributed by atoms with Gasteiger partial charge < -0.3 is 0 Å². The van der Waals surface area contributed by atoms with E-state index in [-0.39, 0.29) is 12.1 Å². The third-order valence-electron chi connectivity index (χ3n) is 2.02. The van der Waals surface area contributed by atoms with E-state index in [1.807, 2.05) is 6.07 Å². The predicted molar refractivity (Wildman–Crippen MR) is 55.9 cm³/mol. The van der Waals surface area contributed by atoms with Gasteiger partial charge in [0.15, 0.2) is 0 Å². The summed E-state index contributed by atoms with van der Waals surface area (Å²) in [5.41, 5.74) is 1.44. The van der Waals surface area contributed by atoms with Gasteiger partial charge in [0.25, 0.3) is 6.43 Å². The van der Waals surface area contributed by atoms with Crippen LogP contribution in [0.5, 0.6) is 0 Å². The van der Waals surface area contributed by atoms with Crippen LogP contribution in [-0.2, 0) is 11.8 Å². The molecule has 2 nitrogen and oxygen atoms in total. The topological polar surface area (TPSA) is 36.7 Å². The smallest absolute Gasteiger partial charge is 0.250 e. The Morgan fingerprint density at radius 3 is 2.73 bits per heavy atom. The second kappa shape index (κ2) is 5.17. The van der Waals surface area contributed by atoms with Crippen molar-refractivity contribution < 1.29 is 8.78 Å². The zero-order valence-electron chi connectivity index (χ0n) is 8.10. The normalized spacial score (nSPS) is 10.4. The van der Waals surface area contributed by atoms with Crippen LogP contribution in [0.2, 0.25) is 0 Å². The highest BCUT2D eigenvalue weighted by Crippen LogP contribution is 2.23. The fraction of sp³-hybridized carbons (Fsp3) is 0.400. The van der Waals surface area contributed by atoms with Gasteiger partial charge in [0.1, 0.15) is 5.69 Å². The van der Waals surface area contributed by atoms with Gasteiger partial charge in [-0.15, -0.1) is 0 Å². The molecule has 1 rings (SSSR count). The molecule has 0 saturated heterocycles. The van der Waals surface area contributed by atoms with Crippen molar-refractivity contribution in [3.63, 3.8) is 0 Å². The van der Waals surface area contributed by atoms with Crippen LogP contribution in [0.25, 0.3) is 0 Å². The maximum Gasteiger partial charge on any atom is 0.280 e. The van der Waals surface area contributed by atoms with Gasteiger partial charge in [0, 0.05) is 5.33 Å². The molecule has 1 heterocycles. The summed E-state index contributed by atoms with van der Waals surface area (Å²) < 4.78 is 25.0. The lowest BCUT2D eigenvalue weighted by molar-refractivity contribution is 0.145. The second-order valence-electron chi connectivity index (χ2n) is 3.07. The molecule has 0 aliphatic rings. The SMILES string of the molecule is Cc1cc(CC#N)c(CBr)nc1C(F)F. The monoisotopic (exact) mass is 274 g/mol. The molecule has 0 bridgehead atoms. The number of hydrogen-bond acceptors (Lipinski definition) is 2. The lowest BCUT2D eigenvalue weighted by Gasteiger charge is -2.09. The number of aryl methyl sites for hydroxylation is 1. The Balaban J connectivity index is 3.24. The van der Waals surface area contributed by atoms with E-state index in [1.165, 1.54) is 0 Å². The van der Waals surface area contributed by atoms with Crippen LogP contribution < -0.4 is 0 Å². The van der Waals surface area contributed by atoms with Crippen molar-refractivity contribution in [2.75, 3.05) is 0 Å². The molecule has 1 aromatic heterocycles. The van der Waals surface area contributed by atoms with Crippen LogP contribution in [-0.4, -0.2) is 4.98 Å². The number of pyridine rings is 1. The minimum absolute atomic E-state index is 0.193. The first-order valence-corrected chi connectivity index (χ1v) is 5.42. The van der Waals surface area contributed by atoms with Crippen molar-refractivity contribution in [3.8, 4) is 6.07 Å². The molecule has 0 aliphatic heterocycles. The number of nitrogens with zero attached hydrogens (tertiary/aromatic N) is 2. The number of nitriles is 1. The van der Waals surface area contributed by atoms with Crippen molar-refractivity contribution in [1.82, 2.24) is 4.98 Å². The molecule has 0 aliphatic carbocycles. The van der Waals surface area contributed by atoms with Crippen LogP contribution in [0.15, 0.2) is 6.07 Å². The van der Waals surface area contributed by atoms with Gasteiger partial charge in [-0.05, 0) is 18.1 Å². The third kappa shape index (κ3) is 2.72. The van der Waals surface area contributed by atoms with Gasteiger partial charge in [0.2, 0.25) is 0 Å². The van der Waals surface area contributed by atoms with Gasteiger partial charge in [-0.25, -0.2) is 8.78 Å². The Morgan fingerprint density at radius 1 is 1.60 bits per heavy atom. The van der Waals surface area contributed by atoms with E-state index >= 15 is 0 Å². The van der Waals surface area contributed by atoms with Crippen molar-refractivity contribution >= 4 is 15.9 Å². The highest BCUT2D eigenvalue weighted by atomic mass is 79.9. The number of aromatic nitrogens is 1. The van der Waals surface area contributed by atoms with Gasteiger partial charge in [0.05, 0.1) is 18.2 Å². The first-order chi connectivity index (χ1) is 7.10. The van der Waals surface area contributed by atoms with Crippen molar-refractivity contribution in [2.24, 2.45) is 0 Å². The van der Waals surface area contributed by atoms with Gasteiger partial charge >= 0.3 is 0 Å². The van der Waals surface area contributed by atoms with Crippen LogP contribution in [0, 0.1) is 18.3 Å². The summed E-state index contributed by atoms with van der Waals surface area (Å²) in [7, 11) is 0. The van der Waals surface area contributed by atoms with Gasteiger partial charge in [-0.1, -0.05) is 22.0 Å². The van der Waals surface area contributed by atoms with E-state index in [4.69, 9.17) is 5.26 Å². The maximum atomic E-state index is 12.5. The first kappa shape index (κ1) is 12.1. The first-order valence-electron chi connectivity index (χ1n) is 4.30. The van der Waals surface area contributed by atoms with E-state index < -0.39 is 6.43 Å². The standard InChI is InChI=1S/C10H9BrF2N2/c1-6-4-7(2-3-14)8(5-11)15-9(6)10(12)13/h4,10H,2,5H2,1H3. The molecule has 0 atom stereocenters. The van der Waals surface area contributed by atoms with Crippen LogP contribution in [0.4, 0.5) is 8.78 Å². The summed E-state index contributed by atoms with van der Waals surface area (Å²) in [6.07, 6.45) is -2.38. The fourth-order valence-electron chi connectivity index (χ4n) is 1.30. The minimum Gasteiger partial charge on any atom is -0.250 e. The molecule has 0 spiro atoms. The zero-order valence-corrected chi connectivity index (χ0v) is 9.68. The van der Waals surface area contributed by atoms with Crippen molar-refractivity contribution in [3.05, 3.63) is 28.6 Å². The number of hydrogen-bond donors (Lipinski definition) is 0. The lowest BCUT2D eigenvalue weighted by atomic mass is 10.1. The summed E-state index contributed by atoms with van der Waals surface area (Å²) >= 11 is 3.17. The predicted octanol–water partition coefficient (Wildman–Crippen LogP) is 3.29. The third-order valence-corrected chi connectivity index (χ3v) is 2.55. The summed E-state index contributed by atoms with van der Waals surface area (Å²) in [6.45, 7) is 1.58. The molecule has 0 radical (unpaired) electrons. The molecule has 0 unspecified atom stereocenters. The molecule has 0 N–H and O–H groups in total. The van der Waals surface area contributed by atoms with E-state index in [2.05, 4.69) is 20.9 Å². The number of rotatable bonds is 3. The van der Waals surface area contributed by atoms with Crippen molar-refractivity contribution in [2.45, 2.75) is 25.1 Å². The molecule has 15 heavy (non-hydrogen) atoms. The largest absolute Gasteiger partial charge is 0.280 e. The van der Waals surface area contributed by atoms with E-state index in [9.17, 15) is 8.78 Å². The summed E-state index contributed by atoms with van der Waals surface area (Å²) in [5, 5.41) is 8.95. The fourth-order valence-corrected chi connectivity index (χ4v) is 1.78. The molecule has 0 aromatic carbocycles. The van der Waals surface area contributed by atoms with E-state index in [0.717, 1.165) is 0 Å². The summed E-state index contributed by atoms with van der Waals surface area (Å²) in [5.74, 6) is 0. The summed E-state index contributed by atoms with van der Waals surface area (Å²) in [6, 6.07) is 3.59. The van der Waals surface area contributed by atoms with Crippen LogP contribution in [0.1, 0.15) is 28.9 Å². The lowest BCUT2D eigenvalue weighted by Crippen LogP contribution is -2.02. The Hall–Kier alpha value is -1.02. The molecule has 1 aromatic rings. The molecule has 0 saturated carbocycles. The molecule has 0 fully saturated rings. The Bertz CT molecular complexity index is 399. The molecular weight excluding hydrogens is 266 g/mol. The molecule has 80 valence electrons. The van der Waals surface area contributed by atoms with Crippen molar-refractivity contribution in [1.29, 1.82) is 5.26 Å². The average molecular weight is 275 g/mol. The zero-order chi connectivity index (χ0) is 11.4. The van der Waals surface area contributed by atoms with Crippen LogP contribution in [0.3, 0.4) is 0 Å². The highest BCUT2D eigenvalue weighted by molar-refractivity contribution is 9.08. The maximum absolute atomic E-state index is 12.5. The highest BCUT2D eigenvalue weighted by Gasteiger charge is 2.15. The van der Waals surface area contributed by atoms with E-state index in [0.29, 0.717) is 22.2 Å².